The largest absolute Gasteiger partial charge is 0.504 e. The molecule has 0 radical (unpaired) electrons. The maximum absolute atomic E-state index is 12.1. The first-order valence-electron chi connectivity index (χ1n) is 5.58. The van der Waals surface area contributed by atoms with Gasteiger partial charge in [-0.15, -0.1) is 0 Å². The topological polar surface area (TPSA) is 75.6 Å². The summed E-state index contributed by atoms with van der Waals surface area (Å²) in [5, 5.41) is 9.95. The van der Waals surface area contributed by atoms with Crippen molar-refractivity contribution in [2.24, 2.45) is 0 Å². The number of benzene rings is 2. The lowest BCUT2D eigenvalue weighted by molar-refractivity contribution is 0.373. The summed E-state index contributed by atoms with van der Waals surface area (Å²) in [7, 11) is -2.35. The van der Waals surface area contributed by atoms with Crippen LogP contribution in [0.5, 0.6) is 11.5 Å². The standard InChI is InChI=1S/C13H12ClNO4S/c1-19-13-6-5-10(8-12(13)16)15-20(17,18)11-4-2-3-9(14)7-11/h2-8,15-16H,1H3. The number of phenols is 1. The van der Waals surface area contributed by atoms with Gasteiger partial charge >= 0.3 is 0 Å². The minimum Gasteiger partial charge on any atom is -0.504 e. The Bertz CT molecular complexity index is 731. The predicted octanol–water partition coefficient (Wildman–Crippen LogP) is 2.86. The second kappa shape index (κ2) is 5.60. The van der Waals surface area contributed by atoms with Gasteiger partial charge in [0.2, 0.25) is 0 Å². The normalized spacial score (nSPS) is 11.1. The van der Waals surface area contributed by atoms with Gasteiger partial charge in [0.05, 0.1) is 17.7 Å². The van der Waals surface area contributed by atoms with Gasteiger partial charge in [-0.2, -0.15) is 0 Å². The van der Waals surface area contributed by atoms with E-state index in [1.807, 2.05) is 0 Å². The molecule has 0 spiro atoms. The monoisotopic (exact) mass is 313 g/mol. The Morgan fingerprint density at radius 3 is 2.55 bits per heavy atom. The number of nitrogens with one attached hydrogen (secondary N) is 1. The van der Waals surface area contributed by atoms with Crippen molar-refractivity contribution in [3.8, 4) is 11.5 Å². The van der Waals surface area contributed by atoms with E-state index in [4.69, 9.17) is 16.3 Å². The molecular weight excluding hydrogens is 302 g/mol. The Labute approximate surface area is 121 Å². The molecule has 2 N–H and O–H groups in total. The summed E-state index contributed by atoms with van der Waals surface area (Å²) < 4.78 is 31.5. The summed E-state index contributed by atoms with van der Waals surface area (Å²) in [5.74, 6) is 0.106. The molecule has 0 aliphatic rings. The van der Waals surface area contributed by atoms with Crippen molar-refractivity contribution in [2.75, 3.05) is 11.8 Å². The van der Waals surface area contributed by atoms with Crippen LogP contribution in [-0.2, 0) is 10.0 Å². The van der Waals surface area contributed by atoms with E-state index in [9.17, 15) is 13.5 Å². The number of anilines is 1. The van der Waals surface area contributed by atoms with E-state index < -0.39 is 10.0 Å². The number of hydrogen-bond donors (Lipinski definition) is 2. The lowest BCUT2D eigenvalue weighted by Gasteiger charge is -2.10. The number of hydrogen-bond acceptors (Lipinski definition) is 4. The van der Waals surface area contributed by atoms with Crippen LogP contribution < -0.4 is 9.46 Å². The van der Waals surface area contributed by atoms with Gasteiger partial charge in [0.25, 0.3) is 10.0 Å². The van der Waals surface area contributed by atoms with Crippen LogP contribution in [0, 0.1) is 0 Å². The van der Waals surface area contributed by atoms with Gasteiger partial charge in [-0.25, -0.2) is 8.42 Å². The highest BCUT2D eigenvalue weighted by Crippen LogP contribution is 2.29. The summed E-state index contributed by atoms with van der Waals surface area (Å²) in [6.45, 7) is 0. The molecule has 106 valence electrons. The molecule has 0 atom stereocenters. The fourth-order valence-electron chi connectivity index (χ4n) is 1.60. The number of halogens is 1. The summed E-state index contributed by atoms with van der Waals surface area (Å²) in [6.07, 6.45) is 0. The molecule has 0 aliphatic heterocycles. The molecule has 0 saturated heterocycles. The quantitative estimate of drug-likeness (QED) is 0.910. The zero-order valence-electron chi connectivity index (χ0n) is 10.5. The van der Waals surface area contributed by atoms with E-state index in [0.717, 1.165) is 0 Å². The minimum atomic E-state index is -3.76. The van der Waals surface area contributed by atoms with E-state index in [-0.39, 0.29) is 22.1 Å². The third-order valence-corrected chi connectivity index (χ3v) is 4.15. The van der Waals surface area contributed by atoms with Crippen LogP contribution in [0.4, 0.5) is 5.69 Å². The zero-order chi connectivity index (χ0) is 14.8. The van der Waals surface area contributed by atoms with Crippen LogP contribution in [0.2, 0.25) is 5.02 Å². The lowest BCUT2D eigenvalue weighted by atomic mass is 10.3. The molecule has 2 aromatic carbocycles. The molecule has 20 heavy (non-hydrogen) atoms. The minimum absolute atomic E-state index is 0.0420. The number of methoxy groups -OCH3 is 1. The second-order valence-electron chi connectivity index (χ2n) is 3.95. The van der Waals surface area contributed by atoms with Crippen molar-refractivity contribution in [1.29, 1.82) is 0 Å². The van der Waals surface area contributed by atoms with E-state index in [1.54, 1.807) is 12.1 Å². The highest BCUT2D eigenvalue weighted by atomic mass is 35.5. The van der Waals surface area contributed by atoms with Gasteiger partial charge in [-0.1, -0.05) is 17.7 Å². The fourth-order valence-corrected chi connectivity index (χ4v) is 2.95. The van der Waals surface area contributed by atoms with Gasteiger partial charge in [0.1, 0.15) is 0 Å². The Kier molecular flexibility index (Phi) is 4.06. The van der Waals surface area contributed by atoms with Crippen molar-refractivity contribution < 1.29 is 18.3 Å². The molecule has 0 unspecified atom stereocenters. The van der Waals surface area contributed by atoms with Crippen LogP contribution in [0.25, 0.3) is 0 Å². The third-order valence-electron chi connectivity index (χ3n) is 2.54. The third kappa shape index (κ3) is 3.15. The number of sulfonamides is 1. The molecule has 5 nitrogen and oxygen atoms in total. The van der Waals surface area contributed by atoms with Gasteiger partial charge < -0.3 is 9.84 Å². The van der Waals surface area contributed by atoms with Gasteiger partial charge in [-0.3, -0.25) is 4.72 Å². The van der Waals surface area contributed by atoms with Crippen LogP contribution in [-0.4, -0.2) is 20.6 Å². The summed E-state index contributed by atoms with van der Waals surface area (Å²) in [5.41, 5.74) is 0.225. The Balaban J connectivity index is 2.31. The summed E-state index contributed by atoms with van der Waals surface area (Å²) in [4.78, 5) is 0.0420. The molecule has 7 heteroatoms. The van der Waals surface area contributed by atoms with Crippen LogP contribution >= 0.6 is 11.6 Å². The smallest absolute Gasteiger partial charge is 0.261 e. The van der Waals surface area contributed by atoms with E-state index in [2.05, 4.69) is 4.72 Å². The molecule has 0 saturated carbocycles. The summed E-state index contributed by atoms with van der Waals surface area (Å²) in [6, 6.07) is 10.1. The molecule has 0 amide bonds. The molecule has 0 heterocycles. The first kappa shape index (κ1) is 14.5. The lowest BCUT2D eigenvalue weighted by Crippen LogP contribution is -2.12. The van der Waals surface area contributed by atoms with E-state index in [1.165, 1.54) is 37.4 Å². The zero-order valence-corrected chi connectivity index (χ0v) is 12.1. The molecule has 0 fully saturated rings. The first-order valence-corrected chi connectivity index (χ1v) is 7.44. The average molecular weight is 314 g/mol. The second-order valence-corrected chi connectivity index (χ2v) is 6.07. The summed E-state index contributed by atoms with van der Waals surface area (Å²) >= 11 is 5.77. The number of aromatic hydroxyl groups is 1. The van der Waals surface area contributed by atoms with Gasteiger partial charge in [0.15, 0.2) is 11.5 Å². The predicted molar refractivity (Wildman–Crippen MR) is 76.9 cm³/mol. The molecule has 0 aliphatic carbocycles. The maximum atomic E-state index is 12.1. The highest BCUT2D eigenvalue weighted by Gasteiger charge is 2.15. The average Bonchev–Trinajstić information content (AvgIpc) is 2.38. The van der Waals surface area contributed by atoms with Crippen molar-refractivity contribution in [2.45, 2.75) is 4.90 Å². The molecular formula is C13H12ClNO4S. The Morgan fingerprint density at radius 2 is 1.95 bits per heavy atom. The molecule has 0 bridgehead atoms. The van der Waals surface area contributed by atoms with Crippen LogP contribution in [0.15, 0.2) is 47.4 Å². The van der Waals surface area contributed by atoms with Crippen molar-refractivity contribution in [3.05, 3.63) is 47.5 Å². The van der Waals surface area contributed by atoms with Gasteiger partial charge in [-0.05, 0) is 30.3 Å². The van der Waals surface area contributed by atoms with Crippen molar-refractivity contribution in [3.63, 3.8) is 0 Å². The van der Waals surface area contributed by atoms with Crippen LogP contribution in [0.1, 0.15) is 0 Å². The molecule has 2 aromatic rings. The van der Waals surface area contributed by atoms with E-state index in [0.29, 0.717) is 5.02 Å². The first-order chi connectivity index (χ1) is 9.42. The van der Waals surface area contributed by atoms with Crippen molar-refractivity contribution >= 4 is 27.3 Å². The van der Waals surface area contributed by atoms with Crippen molar-refractivity contribution in [1.82, 2.24) is 0 Å². The van der Waals surface area contributed by atoms with E-state index >= 15 is 0 Å². The van der Waals surface area contributed by atoms with Gasteiger partial charge in [0, 0.05) is 11.1 Å². The molecule has 2 rings (SSSR count). The molecule has 0 aromatic heterocycles. The number of phenolic OH excluding ortho intramolecular Hbond substituents is 1. The van der Waals surface area contributed by atoms with Crippen LogP contribution in [0.3, 0.4) is 0 Å². The highest BCUT2D eigenvalue weighted by molar-refractivity contribution is 7.92. The SMILES string of the molecule is COc1ccc(NS(=O)(=O)c2cccc(Cl)c2)cc1O. The Morgan fingerprint density at radius 1 is 1.20 bits per heavy atom. The number of rotatable bonds is 4. The fraction of sp³-hybridized carbons (Fsp3) is 0.0769. The Hall–Kier alpha value is -1.92. The number of ether oxygens (including phenoxy) is 1. The maximum Gasteiger partial charge on any atom is 0.261 e.